The van der Waals surface area contributed by atoms with Crippen molar-refractivity contribution in [3.8, 4) is 5.69 Å². The average Bonchev–Trinajstić information content (AvgIpc) is 3.12. The maximum atomic E-state index is 12.9. The molecule has 19 heavy (non-hydrogen) atoms. The largest absolute Gasteiger partial charge is 0.418 e. The lowest BCUT2D eigenvalue weighted by Gasteiger charge is -2.12. The standard InChI is InChI=1S/C13H11F3N2O/c14-13(15,16)9-3-1-2-4-11(9)18-12(19)7-10(17-18)8-5-6-8/h1-4,7-8,17H,5-6H2. The van der Waals surface area contributed by atoms with Crippen LogP contribution in [0.25, 0.3) is 5.69 Å². The molecule has 1 aliphatic carbocycles. The molecule has 0 unspecified atom stereocenters. The normalized spacial score (nSPS) is 15.7. The van der Waals surface area contributed by atoms with Crippen LogP contribution in [0.3, 0.4) is 0 Å². The molecule has 1 N–H and O–H groups in total. The van der Waals surface area contributed by atoms with Gasteiger partial charge in [-0.05, 0) is 25.0 Å². The van der Waals surface area contributed by atoms with Gasteiger partial charge in [0.15, 0.2) is 0 Å². The van der Waals surface area contributed by atoms with E-state index < -0.39 is 17.3 Å². The minimum Gasteiger partial charge on any atom is -0.295 e. The number of alkyl halides is 3. The number of benzene rings is 1. The number of hydrogen-bond donors (Lipinski definition) is 1. The van der Waals surface area contributed by atoms with Gasteiger partial charge in [0.05, 0.1) is 11.3 Å². The quantitative estimate of drug-likeness (QED) is 0.893. The molecule has 0 bridgehead atoms. The first-order valence-electron chi connectivity index (χ1n) is 5.95. The molecule has 100 valence electrons. The van der Waals surface area contributed by atoms with Gasteiger partial charge in [0.25, 0.3) is 5.56 Å². The molecule has 1 aromatic carbocycles. The number of para-hydroxylation sites is 1. The van der Waals surface area contributed by atoms with E-state index >= 15 is 0 Å². The first-order chi connectivity index (χ1) is 8.97. The van der Waals surface area contributed by atoms with Crippen LogP contribution in [0.15, 0.2) is 35.1 Å². The first-order valence-corrected chi connectivity index (χ1v) is 5.95. The average molecular weight is 268 g/mol. The fraction of sp³-hybridized carbons (Fsp3) is 0.308. The Kier molecular flexibility index (Phi) is 2.55. The Bertz CT molecular complexity index is 665. The number of H-pyrrole nitrogens is 1. The topological polar surface area (TPSA) is 37.8 Å². The Morgan fingerprint density at radius 1 is 1.21 bits per heavy atom. The van der Waals surface area contributed by atoms with Crippen LogP contribution in [0, 0.1) is 0 Å². The summed E-state index contributed by atoms with van der Waals surface area (Å²) in [6.07, 6.45) is -2.54. The van der Waals surface area contributed by atoms with Crippen molar-refractivity contribution in [1.29, 1.82) is 0 Å². The van der Waals surface area contributed by atoms with Gasteiger partial charge in [-0.25, -0.2) is 4.68 Å². The van der Waals surface area contributed by atoms with Crippen molar-refractivity contribution in [2.24, 2.45) is 0 Å². The summed E-state index contributed by atoms with van der Waals surface area (Å²) in [4.78, 5) is 11.8. The van der Waals surface area contributed by atoms with Crippen LogP contribution in [0.4, 0.5) is 13.2 Å². The highest BCUT2D eigenvalue weighted by Crippen LogP contribution is 2.39. The van der Waals surface area contributed by atoms with Crippen LogP contribution in [0.5, 0.6) is 0 Å². The maximum absolute atomic E-state index is 12.9. The van der Waals surface area contributed by atoms with Crippen molar-refractivity contribution >= 4 is 0 Å². The van der Waals surface area contributed by atoms with Crippen LogP contribution in [-0.2, 0) is 6.18 Å². The third kappa shape index (κ3) is 2.18. The minimum absolute atomic E-state index is 0.160. The molecule has 0 spiro atoms. The van der Waals surface area contributed by atoms with Gasteiger partial charge in [-0.2, -0.15) is 13.2 Å². The summed E-state index contributed by atoms with van der Waals surface area (Å²) in [5, 5.41) is 2.78. The van der Waals surface area contributed by atoms with Gasteiger partial charge < -0.3 is 0 Å². The van der Waals surface area contributed by atoms with Gasteiger partial charge in [0, 0.05) is 17.7 Å². The van der Waals surface area contributed by atoms with Gasteiger partial charge in [0.1, 0.15) is 0 Å². The van der Waals surface area contributed by atoms with E-state index in [1.54, 1.807) is 0 Å². The van der Waals surface area contributed by atoms with Gasteiger partial charge in [-0.1, -0.05) is 12.1 Å². The SMILES string of the molecule is O=c1cc(C2CC2)[nH]n1-c1ccccc1C(F)(F)F. The van der Waals surface area contributed by atoms with Gasteiger partial charge in [-0.15, -0.1) is 0 Å². The summed E-state index contributed by atoms with van der Waals surface area (Å²) in [5.74, 6) is 0.284. The van der Waals surface area contributed by atoms with E-state index in [4.69, 9.17) is 0 Å². The molecule has 1 aliphatic rings. The summed E-state index contributed by atoms with van der Waals surface area (Å²) in [6.45, 7) is 0. The number of halogens is 3. The molecular weight excluding hydrogens is 257 g/mol. The number of nitrogens with one attached hydrogen (secondary N) is 1. The maximum Gasteiger partial charge on any atom is 0.418 e. The van der Waals surface area contributed by atoms with Crippen molar-refractivity contribution in [2.75, 3.05) is 0 Å². The van der Waals surface area contributed by atoms with Crippen molar-refractivity contribution < 1.29 is 13.2 Å². The Labute approximate surface area is 106 Å². The number of rotatable bonds is 2. The Balaban J connectivity index is 2.14. The molecule has 1 fully saturated rings. The number of aromatic amines is 1. The molecule has 3 rings (SSSR count). The summed E-state index contributed by atoms with van der Waals surface area (Å²) in [5.41, 5.74) is -0.728. The predicted octanol–water partition coefficient (Wildman–Crippen LogP) is 3.06. The second-order valence-corrected chi connectivity index (χ2v) is 4.67. The van der Waals surface area contributed by atoms with E-state index in [0.29, 0.717) is 5.69 Å². The monoisotopic (exact) mass is 268 g/mol. The number of hydrogen-bond acceptors (Lipinski definition) is 1. The molecule has 2 aromatic rings. The Morgan fingerprint density at radius 3 is 2.53 bits per heavy atom. The second-order valence-electron chi connectivity index (χ2n) is 4.67. The molecule has 0 radical (unpaired) electrons. The van der Waals surface area contributed by atoms with Crippen LogP contribution < -0.4 is 5.56 Å². The molecule has 0 atom stereocenters. The molecular formula is C13H11F3N2O. The zero-order chi connectivity index (χ0) is 13.6. The highest BCUT2D eigenvalue weighted by molar-refractivity contribution is 5.42. The zero-order valence-electron chi connectivity index (χ0n) is 9.87. The lowest BCUT2D eigenvalue weighted by Crippen LogP contribution is -2.18. The highest BCUT2D eigenvalue weighted by atomic mass is 19.4. The lowest BCUT2D eigenvalue weighted by atomic mass is 10.2. The minimum atomic E-state index is -4.49. The fourth-order valence-electron chi connectivity index (χ4n) is 2.10. The third-order valence-corrected chi connectivity index (χ3v) is 3.21. The Morgan fingerprint density at radius 2 is 1.89 bits per heavy atom. The van der Waals surface area contributed by atoms with Crippen molar-refractivity contribution in [3.63, 3.8) is 0 Å². The van der Waals surface area contributed by atoms with Crippen LogP contribution in [0.1, 0.15) is 30.0 Å². The Hall–Kier alpha value is -1.98. The molecule has 0 amide bonds. The fourth-order valence-corrected chi connectivity index (χ4v) is 2.10. The molecule has 0 saturated heterocycles. The molecule has 6 heteroatoms. The van der Waals surface area contributed by atoms with Gasteiger partial charge >= 0.3 is 6.18 Å². The van der Waals surface area contributed by atoms with Crippen molar-refractivity contribution in [2.45, 2.75) is 24.9 Å². The second kappa shape index (κ2) is 4.01. The molecule has 1 aromatic heterocycles. The number of nitrogens with zero attached hydrogens (tertiary/aromatic N) is 1. The molecule has 0 aliphatic heterocycles. The van der Waals surface area contributed by atoms with Crippen LogP contribution in [-0.4, -0.2) is 9.78 Å². The molecule has 1 saturated carbocycles. The van der Waals surface area contributed by atoms with E-state index in [0.717, 1.165) is 23.6 Å². The highest BCUT2D eigenvalue weighted by Gasteiger charge is 2.34. The lowest BCUT2D eigenvalue weighted by molar-refractivity contribution is -0.137. The third-order valence-electron chi connectivity index (χ3n) is 3.21. The first kappa shape index (κ1) is 12.1. The van der Waals surface area contributed by atoms with Crippen LogP contribution >= 0.6 is 0 Å². The van der Waals surface area contributed by atoms with E-state index in [1.807, 2.05) is 0 Å². The van der Waals surface area contributed by atoms with Crippen molar-refractivity contribution in [3.05, 3.63) is 51.9 Å². The number of aromatic nitrogens is 2. The predicted molar refractivity (Wildman–Crippen MR) is 63.4 cm³/mol. The molecule has 1 heterocycles. The zero-order valence-corrected chi connectivity index (χ0v) is 9.87. The molecule has 3 nitrogen and oxygen atoms in total. The van der Waals surface area contributed by atoms with E-state index in [1.165, 1.54) is 24.3 Å². The van der Waals surface area contributed by atoms with Gasteiger partial charge in [-0.3, -0.25) is 9.89 Å². The van der Waals surface area contributed by atoms with E-state index in [9.17, 15) is 18.0 Å². The summed E-state index contributed by atoms with van der Waals surface area (Å²) in [7, 11) is 0. The van der Waals surface area contributed by atoms with Crippen molar-refractivity contribution in [1.82, 2.24) is 9.78 Å². The summed E-state index contributed by atoms with van der Waals surface area (Å²) in [6, 6.07) is 6.43. The van der Waals surface area contributed by atoms with E-state index in [-0.39, 0.29) is 11.6 Å². The summed E-state index contributed by atoms with van der Waals surface area (Å²) < 4.78 is 39.7. The smallest absolute Gasteiger partial charge is 0.295 e. The van der Waals surface area contributed by atoms with Crippen LogP contribution in [0.2, 0.25) is 0 Å². The van der Waals surface area contributed by atoms with E-state index in [2.05, 4.69) is 5.10 Å². The van der Waals surface area contributed by atoms with Gasteiger partial charge in [0.2, 0.25) is 0 Å². The summed E-state index contributed by atoms with van der Waals surface area (Å²) >= 11 is 0.